The van der Waals surface area contributed by atoms with Gasteiger partial charge >= 0.3 is 5.97 Å². The molecule has 0 spiro atoms. The van der Waals surface area contributed by atoms with Crippen LogP contribution in [0.2, 0.25) is 0 Å². The van der Waals surface area contributed by atoms with Gasteiger partial charge in [-0.3, -0.25) is 4.79 Å². The quantitative estimate of drug-likeness (QED) is 0.727. The number of carbonyl (C=O) groups excluding carboxylic acids is 1. The molecule has 1 rings (SSSR count). The average Bonchev–Trinajstić information content (AvgIpc) is 2.29. The molecule has 0 fully saturated rings. The number of hydrogen-bond acceptors (Lipinski definition) is 4. The number of nitrogens with zero attached hydrogens (tertiary/aromatic N) is 1. The molecule has 0 aliphatic rings. The average molecular weight is 200 g/mol. The Morgan fingerprint density at radius 2 is 2.23 bits per heavy atom. The summed E-state index contributed by atoms with van der Waals surface area (Å²) in [5.41, 5.74) is 5.36. The molecule has 1 amide bonds. The van der Waals surface area contributed by atoms with E-state index >= 15 is 0 Å². The van der Waals surface area contributed by atoms with Crippen molar-refractivity contribution in [2.24, 2.45) is 5.73 Å². The third-order valence-corrected chi connectivity index (χ3v) is 2.51. The number of carboxylic acids is 1. The molecule has 0 aliphatic carbocycles. The van der Waals surface area contributed by atoms with Crippen molar-refractivity contribution in [2.45, 2.75) is 13.3 Å². The van der Waals surface area contributed by atoms with Crippen LogP contribution in [0.3, 0.4) is 0 Å². The number of aryl methyl sites for hydroxylation is 1. The Kier molecular flexibility index (Phi) is 2.62. The van der Waals surface area contributed by atoms with Gasteiger partial charge in [-0.15, -0.1) is 11.3 Å². The molecule has 1 heterocycles. The van der Waals surface area contributed by atoms with Crippen LogP contribution >= 0.6 is 11.3 Å². The topological polar surface area (TPSA) is 93.3 Å². The van der Waals surface area contributed by atoms with Crippen LogP contribution in [0.1, 0.15) is 20.4 Å². The summed E-state index contributed by atoms with van der Waals surface area (Å²) in [7, 11) is 0. The van der Waals surface area contributed by atoms with Crippen molar-refractivity contribution in [3.8, 4) is 0 Å². The molecule has 0 bridgehead atoms. The third-order valence-electron chi connectivity index (χ3n) is 1.36. The molecule has 1 aromatic rings. The molecule has 3 N–H and O–H groups in total. The first-order valence-corrected chi connectivity index (χ1v) is 4.30. The minimum atomic E-state index is -1.02. The number of thiazole rings is 1. The minimum Gasteiger partial charge on any atom is -0.477 e. The van der Waals surface area contributed by atoms with E-state index in [-0.39, 0.29) is 11.3 Å². The summed E-state index contributed by atoms with van der Waals surface area (Å²) in [5.74, 6) is -1.53. The lowest BCUT2D eigenvalue weighted by atomic mass is 10.4. The fraction of sp³-hybridized carbons (Fsp3) is 0.286. The van der Waals surface area contributed by atoms with E-state index in [2.05, 4.69) is 4.98 Å². The lowest BCUT2D eigenvalue weighted by Crippen LogP contribution is -2.13. The lowest BCUT2D eigenvalue weighted by molar-refractivity contribution is -0.117. The standard InChI is InChI=1S/C7H8N2O3S/c1-3-6(7(11)12)13-5(9-3)2-4(8)10/h2H2,1H3,(H2,8,10)(H,11,12). The van der Waals surface area contributed by atoms with Gasteiger partial charge in [0.25, 0.3) is 0 Å². The Balaban J connectivity index is 2.95. The Morgan fingerprint density at radius 1 is 1.62 bits per heavy atom. The van der Waals surface area contributed by atoms with Gasteiger partial charge in [-0.2, -0.15) is 0 Å². The maximum Gasteiger partial charge on any atom is 0.347 e. The van der Waals surface area contributed by atoms with Crippen molar-refractivity contribution >= 4 is 23.2 Å². The summed E-state index contributed by atoms with van der Waals surface area (Å²) in [6, 6.07) is 0. The van der Waals surface area contributed by atoms with Crippen molar-refractivity contribution in [1.82, 2.24) is 4.98 Å². The number of amides is 1. The second-order valence-electron chi connectivity index (χ2n) is 2.47. The van der Waals surface area contributed by atoms with E-state index in [1.165, 1.54) is 0 Å². The SMILES string of the molecule is Cc1nc(CC(N)=O)sc1C(=O)O. The molecule has 1 aromatic heterocycles. The zero-order chi connectivity index (χ0) is 10.0. The van der Waals surface area contributed by atoms with E-state index < -0.39 is 11.9 Å². The zero-order valence-corrected chi connectivity index (χ0v) is 7.72. The van der Waals surface area contributed by atoms with E-state index in [4.69, 9.17) is 10.8 Å². The molecule has 13 heavy (non-hydrogen) atoms. The second-order valence-corrected chi connectivity index (χ2v) is 3.55. The Morgan fingerprint density at radius 3 is 2.62 bits per heavy atom. The molecular weight excluding hydrogens is 192 g/mol. The van der Waals surface area contributed by atoms with Crippen LogP contribution in [0.4, 0.5) is 0 Å². The van der Waals surface area contributed by atoms with Crippen molar-refractivity contribution in [2.75, 3.05) is 0 Å². The van der Waals surface area contributed by atoms with Crippen LogP contribution in [0, 0.1) is 6.92 Å². The number of aromatic nitrogens is 1. The number of carbonyl (C=O) groups is 2. The van der Waals surface area contributed by atoms with Crippen LogP contribution in [-0.4, -0.2) is 22.0 Å². The number of carboxylic acid groups (broad SMARTS) is 1. The Labute approximate surface area is 78.2 Å². The molecular formula is C7H8N2O3S. The monoisotopic (exact) mass is 200 g/mol. The van der Waals surface area contributed by atoms with Gasteiger partial charge in [0.2, 0.25) is 5.91 Å². The molecule has 70 valence electrons. The lowest BCUT2D eigenvalue weighted by Gasteiger charge is -1.86. The summed E-state index contributed by atoms with van der Waals surface area (Å²) in [4.78, 5) is 25.1. The molecule has 0 atom stereocenters. The van der Waals surface area contributed by atoms with Crippen LogP contribution in [0.15, 0.2) is 0 Å². The minimum absolute atomic E-state index is 0.00120. The summed E-state index contributed by atoms with van der Waals surface area (Å²) >= 11 is 0.984. The number of hydrogen-bond donors (Lipinski definition) is 2. The number of nitrogens with two attached hydrogens (primary N) is 1. The van der Waals surface area contributed by atoms with Gasteiger partial charge in [0.1, 0.15) is 9.88 Å². The Hall–Kier alpha value is -1.43. The largest absolute Gasteiger partial charge is 0.477 e. The van der Waals surface area contributed by atoms with Crippen LogP contribution in [0.5, 0.6) is 0 Å². The maximum atomic E-state index is 10.6. The predicted octanol–water partition coefficient (Wildman–Crippen LogP) is 0.178. The number of rotatable bonds is 3. The van der Waals surface area contributed by atoms with Crippen molar-refractivity contribution in [1.29, 1.82) is 0 Å². The highest BCUT2D eigenvalue weighted by molar-refractivity contribution is 7.13. The highest BCUT2D eigenvalue weighted by Crippen LogP contribution is 2.17. The highest BCUT2D eigenvalue weighted by Gasteiger charge is 2.14. The van der Waals surface area contributed by atoms with Crippen molar-refractivity contribution in [3.63, 3.8) is 0 Å². The van der Waals surface area contributed by atoms with E-state index in [0.29, 0.717) is 10.7 Å². The third kappa shape index (κ3) is 2.25. The van der Waals surface area contributed by atoms with Gasteiger partial charge in [0.05, 0.1) is 12.1 Å². The van der Waals surface area contributed by atoms with Crippen LogP contribution in [0.25, 0.3) is 0 Å². The summed E-state index contributed by atoms with van der Waals surface area (Å²) in [5, 5.41) is 9.11. The van der Waals surface area contributed by atoms with Crippen molar-refractivity contribution in [3.05, 3.63) is 15.6 Å². The molecule has 0 saturated carbocycles. The molecule has 5 nitrogen and oxygen atoms in total. The van der Waals surface area contributed by atoms with E-state index in [1.807, 2.05) is 0 Å². The molecule has 6 heteroatoms. The summed E-state index contributed by atoms with van der Waals surface area (Å²) in [6.07, 6.45) is -0.00120. The molecule has 0 aliphatic heterocycles. The van der Waals surface area contributed by atoms with E-state index in [9.17, 15) is 9.59 Å². The zero-order valence-electron chi connectivity index (χ0n) is 6.90. The summed E-state index contributed by atoms with van der Waals surface area (Å²) < 4.78 is 0. The van der Waals surface area contributed by atoms with E-state index in [1.54, 1.807) is 6.92 Å². The van der Waals surface area contributed by atoms with Crippen molar-refractivity contribution < 1.29 is 14.7 Å². The second kappa shape index (κ2) is 3.53. The smallest absolute Gasteiger partial charge is 0.347 e. The molecule has 0 aromatic carbocycles. The van der Waals surface area contributed by atoms with Crippen LogP contribution < -0.4 is 5.73 Å². The molecule has 0 radical (unpaired) electrons. The first-order valence-electron chi connectivity index (χ1n) is 3.48. The van der Waals surface area contributed by atoms with E-state index in [0.717, 1.165) is 11.3 Å². The van der Waals surface area contributed by atoms with Gasteiger partial charge < -0.3 is 10.8 Å². The van der Waals surface area contributed by atoms with Gasteiger partial charge in [0.15, 0.2) is 0 Å². The van der Waals surface area contributed by atoms with Gasteiger partial charge in [-0.05, 0) is 6.92 Å². The number of aromatic carboxylic acids is 1. The van der Waals surface area contributed by atoms with Gasteiger partial charge in [-0.1, -0.05) is 0 Å². The van der Waals surface area contributed by atoms with Crippen LogP contribution in [-0.2, 0) is 11.2 Å². The van der Waals surface area contributed by atoms with Gasteiger partial charge in [0, 0.05) is 0 Å². The molecule has 0 saturated heterocycles. The normalized spacial score (nSPS) is 9.92. The predicted molar refractivity (Wildman–Crippen MR) is 46.7 cm³/mol. The fourth-order valence-electron chi connectivity index (χ4n) is 0.875. The maximum absolute atomic E-state index is 10.6. The fourth-order valence-corrected chi connectivity index (χ4v) is 1.79. The first-order chi connectivity index (χ1) is 6.00. The molecule has 0 unspecified atom stereocenters. The highest BCUT2D eigenvalue weighted by atomic mass is 32.1. The summed E-state index contributed by atoms with van der Waals surface area (Å²) in [6.45, 7) is 1.59. The Bertz CT molecular complexity index is 359. The van der Waals surface area contributed by atoms with Gasteiger partial charge in [-0.25, -0.2) is 9.78 Å². The number of primary amides is 1. The first kappa shape index (κ1) is 9.66.